The average molecular weight is 245 g/mol. The van der Waals surface area contributed by atoms with Crippen LogP contribution in [0.2, 0.25) is 0 Å². The van der Waals surface area contributed by atoms with Gasteiger partial charge >= 0.3 is 0 Å². The molecule has 0 heterocycles. The second-order valence-electron chi connectivity index (χ2n) is 6.03. The molecule has 1 nitrogen and oxygen atoms in total. The van der Waals surface area contributed by atoms with Crippen LogP contribution in [0.1, 0.15) is 62.3 Å². The SMILES string of the molecule is CCC1CCC(NC(C)c2cc(C)ccc2C)C1. The van der Waals surface area contributed by atoms with Crippen LogP contribution in [0.4, 0.5) is 0 Å². The number of benzene rings is 1. The number of nitrogens with one attached hydrogen (secondary N) is 1. The molecule has 0 aliphatic heterocycles. The summed E-state index contributed by atoms with van der Waals surface area (Å²) in [5.74, 6) is 0.952. The fraction of sp³-hybridized carbons (Fsp3) is 0.647. The van der Waals surface area contributed by atoms with E-state index in [1.165, 1.54) is 42.4 Å². The van der Waals surface area contributed by atoms with Crippen molar-refractivity contribution < 1.29 is 0 Å². The summed E-state index contributed by atoms with van der Waals surface area (Å²) in [5.41, 5.74) is 4.24. The molecule has 3 atom stereocenters. The summed E-state index contributed by atoms with van der Waals surface area (Å²) < 4.78 is 0. The van der Waals surface area contributed by atoms with E-state index in [2.05, 4.69) is 51.2 Å². The zero-order valence-corrected chi connectivity index (χ0v) is 12.3. The molecule has 1 aliphatic carbocycles. The van der Waals surface area contributed by atoms with Gasteiger partial charge in [-0.3, -0.25) is 0 Å². The standard InChI is InChI=1S/C17H27N/c1-5-15-8-9-16(11-15)18-14(4)17-10-12(2)6-7-13(17)3/h6-7,10,14-16,18H,5,8-9,11H2,1-4H3. The van der Waals surface area contributed by atoms with Gasteiger partial charge in [0.05, 0.1) is 0 Å². The van der Waals surface area contributed by atoms with Crippen LogP contribution in [0, 0.1) is 19.8 Å². The van der Waals surface area contributed by atoms with Crippen LogP contribution in [0.5, 0.6) is 0 Å². The summed E-state index contributed by atoms with van der Waals surface area (Å²) in [4.78, 5) is 0. The van der Waals surface area contributed by atoms with Gasteiger partial charge in [0.1, 0.15) is 0 Å². The van der Waals surface area contributed by atoms with E-state index in [-0.39, 0.29) is 0 Å². The number of hydrogen-bond acceptors (Lipinski definition) is 1. The first kappa shape index (κ1) is 13.6. The fourth-order valence-electron chi connectivity index (χ4n) is 3.27. The van der Waals surface area contributed by atoms with E-state index in [1.807, 2.05) is 0 Å². The van der Waals surface area contributed by atoms with E-state index in [0.717, 1.165) is 12.0 Å². The van der Waals surface area contributed by atoms with Crippen molar-refractivity contribution in [3.63, 3.8) is 0 Å². The van der Waals surface area contributed by atoms with Crippen LogP contribution in [0.15, 0.2) is 18.2 Å². The summed E-state index contributed by atoms with van der Waals surface area (Å²) in [6, 6.07) is 7.98. The molecule has 0 aromatic heterocycles. The Balaban J connectivity index is 1.99. The van der Waals surface area contributed by atoms with E-state index in [4.69, 9.17) is 0 Å². The van der Waals surface area contributed by atoms with Crippen molar-refractivity contribution in [2.75, 3.05) is 0 Å². The topological polar surface area (TPSA) is 12.0 Å². The molecule has 0 bridgehead atoms. The molecular weight excluding hydrogens is 218 g/mol. The maximum absolute atomic E-state index is 3.83. The zero-order valence-electron chi connectivity index (χ0n) is 12.3. The van der Waals surface area contributed by atoms with E-state index in [9.17, 15) is 0 Å². The Morgan fingerprint density at radius 2 is 2.06 bits per heavy atom. The molecular formula is C17H27N. The molecule has 1 N–H and O–H groups in total. The monoisotopic (exact) mass is 245 g/mol. The van der Waals surface area contributed by atoms with Crippen LogP contribution in [-0.2, 0) is 0 Å². The Hall–Kier alpha value is -0.820. The second-order valence-corrected chi connectivity index (χ2v) is 6.03. The highest BCUT2D eigenvalue weighted by atomic mass is 14.9. The summed E-state index contributed by atoms with van der Waals surface area (Å²) in [6.45, 7) is 9.02. The van der Waals surface area contributed by atoms with E-state index < -0.39 is 0 Å². The van der Waals surface area contributed by atoms with E-state index >= 15 is 0 Å². The van der Waals surface area contributed by atoms with Crippen LogP contribution in [-0.4, -0.2) is 6.04 Å². The van der Waals surface area contributed by atoms with Gasteiger partial charge in [-0.05, 0) is 57.1 Å². The smallest absolute Gasteiger partial charge is 0.0297 e. The molecule has 1 saturated carbocycles. The summed E-state index contributed by atoms with van der Waals surface area (Å²) in [7, 11) is 0. The lowest BCUT2D eigenvalue weighted by Gasteiger charge is -2.22. The van der Waals surface area contributed by atoms with Crippen LogP contribution in [0.25, 0.3) is 0 Å². The Bertz CT molecular complexity index is 397. The molecule has 0 spiro atoms. The predicted molar refractivity (Wildman–Crippen MR) is 78.9 cm³/mol. The summed E-state index contributed by atoms with van der Waals surface area (Å²) >= 11 is 0. The molecule has 3 unspecified atom stereocenters. The maximum Gasteiger partial charge on any atom is 0.0297 e. The van der Waals surface area contributed by atoms with Crippen molar-refractivity contribution in [2.45, 2.75) is 65.5 Å². The van der Waals surface area contributed by atoms with Crippen molar-refractivity contribution in [2.24, 2.45) is 5.92 Å². The quantitative estimate of drug-likeness (QED) is 0.821. The van der Waals surface area contributed by atoms with Crippen molar-refractivity contribution in [3.05, 3.63) is 34.9 Å². The molecule has 0 radical (unpaired) electrons. The third-order valence-electron chi connectivity index (χ3n) is 4.51. The van der Waals surface area contributed by atoms with Gasteiger partial charge < -0.3 is 5.32 Å². The zero-order chi connectivity index (χ0) is 13.1. The van der Waals surface area contributed by atoms with Crippen molar-refractivity contribution in [1.82, 2.24) is 5.32 Å². The van der Waals surface area contributed by atoms with Gasteiger partial charge in [0.25, 0.3) is 0 Å². The fourth-order valence-corrected chi connectivity index (χ4v) is 3.27. The molecule has 0 saturated heterocycles. The van der Waals surface area contributed by atoms with Gasteiger partial charge in [0, 0.05) is 12.1 Å². The van der Waals surface area contributed by atoms with Gasteiger partial charge in [-0.25, -0.2) is 0 Å². The predicted octanol–water partition coefficient (Wildman–Crippen LogP) is 4.53. The molecule has 18 heavy (non-hydrogen) atoms. The van der Waals surface area contributed by atoms with Crippen molar-refractivity contribution >= 4 is 0 Å². The second kappa shape index (κ2) is 5.88. The molecule has 1 aliphatic rings. The minimum Gasteiger partial charge on any atom is -0.307 e. The summed E-state index contributed by atoms with van der Waals surface area (Å²) in [5, 5.41) is 3.83. The highest BCUT2D eigenvalue weighted by Crippen LogP contribution is 2.30. The van der Waals surface area contributed by atoms with Crippen LogP contribution < -0.4 is 5.32 Å². The highest BCUT2D eigenvalue weighted by Gasteiger charge is 2.24. The van der Waals surface area contributed by atoms with Crippen LogP contribution >= 0.6 is 0 Å². The van der Waals surface area contributed by atoms with Gasteiger partial charge in [-0.2, -0.15) is 0 Å². The van der Waals surface area contributed by atoms with E-state index in [0.29, 0.717) is 6.04 Å². The Labute approximate surface area is 112 Å². The molecule has 0 amide bonds. The average Bonchev–Trinajstić information content (AvgIpc) is 2.80. The number of rotatable bonds is 4. The van der Waals surface area contributed by atoms with Crippen molar-refractivity contribution in [3.8, 4) is 0 Å². The first-order valence-electron chi connectivity index (χ1n) is 7.43. The number of hydrogen-bond donors (Lipinski definition) is 1. The van der Waals surface area contributed by atoms with E-state index in [1.54, 1.807) is 0 Å². The Morgan fingerprint density at radius 3 is 2.72 bits per heavy atom. The molecule has 1 aromatic carbocycles. The molecule has 1 aromatic rings. The minimum atomic E-state index is 0.477. The summed E-state index contributed by atoms with van der Waals surface area (Å²) in [6.07, 6.45) is 5.48. The Morgan fingerprint density at radius 1 is 1.28 bits per heavy atom. The largest absolute Gasteiger partial charge is 0.307 e. The third-order valence-corrected chi connectivity index (χ3v) is 4.51. The number of aryl methyl sites for hydroxylation is 2. The third kappa shape index (κ3) is 3.14. The van der Waals surface area contributed by atoms with Gasteiger partial charge in [-0.1, -0.05) is 37.1 Å². The lowest BCUT2D eigenvalue weighted by Crippen LogP contribution is -2.29. The van der Waals surface area contributed by atoms with Crippen LogP contribution in [0.3, 0.4) is 0 Å². The first-order valence-corrected chi connectivity index (χ1v) is 7.43. The maximum atomic E-state index is 3.83. The Kier molecular flexibility index (Phi) is 4.45. The molecule has 1 fully saturated rings. The molecule has 1 heteroatoms. The van der Waals surface area contributed by atoms with Gasteiger partial charge in [0.15, 0.2) is 0 Å². The normalized spacial score (nSPS) is 25.3. The van der Waals surface area contributed by atoms with Gasteiger partial charge in [0.2, 0.25) is 0 Å². The first-order chi connectivity index (χ1) is 8.60. The minimum absolute atomic E-state index is 0.477. The van der Waals surface area contributed by atoms with Crippen molar-refractivity contribution in [1.29, 1.82) is 0 Å². The lowest BCUT2D eigenvalue weighted by molar-refractivity contribution is 0.437. The molecule has 2 rings (SSSR count). The molecule has 100 valence electrons. The van der Waals surface area contributed by atoms with Gasteiger partial charge in [-0.15, -0.1) is 0 Å². The highest BCUT2D eigenvalue weighted by molar-refractivity contribution is 5.32. The lowest BCUT2D eigenvalue weighted by atomic mass is 9.99.